The molecule has 19 heavy (non-hydrogen) atoms. The smallest absolute Gasteiger partial charge is 0.354 e. The second kappa shape index (κ2) is 6.60. The molecule has 3 N–H and O–H groups in total. The molecule has 106 valence electrons. The van der Waals surface area contributed by atoms with Crippen molar-refractivity contribution in [2.24, 2.45) is 0 Å². The molecule has 0 atom stereocenters. The normalized spacial score (nSPS) is 11.3. The van der Waals surface area contributed by atoms with Gasteiger partial charge in [-0.25, -0.2) is 9.78 Å². The second-order valence-corrected chi connectivity index (χ2v) is 5.48. The molecule has 1 amide bonds. The molecule has 7 heteroatoms. The quantitative estimate of drug-likeness (QED) is 0.709. The van der Waals surface area contributed by atoms with Crippen LogP contribution in [0.3, 0.4) is 0 Å². The van der Waals surface area contributed by atoms with E-state index >= 15 is 0 Å². The van der Waals surface area contributed by atoms with E-state index < -0.39 is 11.9 Å². The minimum absolute atomic E-state index is 0.0185. The number of carboxylic acid groups (broad SMARTS) is 1. The van der Waals surface area contributed by atoms with Crippen molar-refractivity contribution >= 4 is 23.6 Å². The average molecular weight is 285 g/mol. The van der Waals surface area contributed by atoms with Crippen molar-refractivity contribution in [1.82, 2.24) is 15.3 Å². The molecule has 0 spiro atoms. The Morgan fingerprint density at radius 3 is 2.58 bits per heavy atom. The highest BCUT2D eigenvalue weighted by Gasteiger charge is 2.27. The molecule has 1 aromatic heterocycles. The van der Waals surface area contributed by atoms with E-state index in [1.807, 2.05) is 6.26 Å². The second-order valence-electron chi connectivity index (χ2n) is 4.21. The van der Waals surface area contributed by atoms with Crippen LogP contribution in [-0.2, 0) is 0 Å². The average Bonchev–Trinajstić information content (AvgIpc) is 2.90. The number of aromatic carboxylic acids is 1. The fourth-order valence-corrected chi connectivity index (χ4v) is 2.61. The van der Waals surface area contributed by atoms with Gasteiger partial charge in [-0.1, -0.05) is 13.8 Å². The van der Waals surface area contributed by atoms with E-state index in [9.17, 15) is 9.59 Å². The third-order valence-corrected chi connectivity index (χ3v) is 4.95. The lowest BCUT2D eigenvalue weighted by atomic mass is 10.0. The standard InChI is InChI=1S/C12H19N3O3S/c1-4-12(5-2,19-3)6-13-10(16)8-9(11(17)18)15-7-14-8/h7H,4-6H2,1-3H3,(H,13,16)(H,14,15)(H,17,18). The van der Waals surface area contributed by atoms with Crippen molar-refractivity contribution in [3.8, 4) is 0 Å². The van der Waals surface area contributed by atoms with E-state index in [4.69, 9.17) is 5.11 Å². The molecular formula is C12H19N3O3S. The first kappa shape index (κ1) is 15.6. The number of carbonyl (C=O) groups excluding carboxylic acids is 1. The number of amides is 1. The fraction of sp³-hybridized carbons (Fsp3) is 0.583. The van der Waals surface area contributed by atoms with Crippen molar-refractivity contribution in [3.05, 3.63) is 17.7 Å². The number of carboxylic acids is 1. The third kappa shape index (κ3) is 3.50. The van der Waals surface area contributed by atoms with Crippen LogP contribution in [0, 0.1) is 0 Å². The van der Waals surface area contributed by atoms with Crippen LogP contribution in [0.2, 0.25) is 0 Å². The van der Waals surface area contributed by atoms with Gasteiger partial charge in [0.2, 0.25) is 0 Å². The Hall–Kier alpha value is -1.50. The van der Waals surface area contributed by atoms with Crippen LogP contribution in [0.1, 0.15) is 47.7 Å². The summed E-state index contributed by atoms with van der Waals surface area (Å²) in [7, 11) is 0. The molecule has 0 radical (unpaired) electrons. The van der Waals surface area contributed by atoms with E-state index in [1.165, 1.54) is 6.33 Å². The summed E-state index contributed by atoms with van der Waals surface area (Å²) in [6.07, 6.45) is 5.07. The van der Waals surface area contributed by atoms with Crippen molar-refractivity contribution in [2.75, 3.05) is 12.8 Å². The van der Waals surface area contributed by atoms with Gasteiger partial charge in [-0.3, -0.25) is 4.79 Å². The lowest BCUT2D eigenvalue weighted by Gasteiger charge is -2.29. The summed E-state index contributed by atoms with van der Waals surface area (Å²) in [5.41, 5.74) is -0.255. The van der Waals surface area contributed by atoms with Gasteiger partial charge in [0.05, 0.1) is 6.33 Å². The topological polar surface area (TPSA) is 95.1 Å². The predicted molar refractivity (Wildman–Crippen MR) is 74.7 cm³/mol. The van der Waals surface area contributed by atoms with Gasteiger partial charge in [0.1, 0.15) is 0 Å². The Labute approximate surface area is 116 Å². The summed E-state index contributed by atoms with van der Waals surface area (Å²) in [6, 6.07) is 0. The summed E-state index contributed by atoms with van der Waals surface area (Å²) >= 11 is 1.71. The number of thioether (sulfide) groups is 1. The maximum absolute atomic E-state index is 12.0. The Morgan fingerprint density at radius 2 is 2.11 bits per heavy atom. The lowest BCUT2D eigenvalue weighted by molar-refractivity contribution is 0.0685. The first-order valence-electron chi connectivity index (χ1n) is 6.09. The Kier molecular flexibility index (Phi) is 5.41. The lowest BCUT2D eigenvalue weighted by Crippen LogP contribution is -2.40. The van der Waals surface area contributed by atoms with Crippen molar-refractivity contribution in [2.45, 2.75) is 31.4 Å². The monoisotopic (exact) mass is 285 g/mol. The van der Waals surface area contributed by atoms with E-state index in [0.717, 1.165) is 12.8 Å². The van der Waals surface area contributed by atoms with Gasteiger partial charge < -0.3 is 15.4 Å². The molecule has 0 saturated carbocycles. The van der Waals surface area contributed by atoms with E-state index in [2.05, 4.69) is 29.1 Å². The first-order valence-corrected chi connectivity index (χ1v) is 7.32. The molecule has 1 heterocycles. The number of aromatic amines is 1. The number of imidazole rings is 1. The summed E-state index contributed by atoms with van der Waals surface area (Å²) in [4.78, 5) is 29.1. The molecule has 0 saturated heterocycles. The van der Waals surface area contributed by atoms with Crippen LogP contribution < -0.4 is 5.32 Å². The summed E-state index contributed by atoms with van der Waals surface area (Å²) in [5.74, 6) is -1.65. The summed E-state index contributed by atoms with van der Waals surface area (Å²) < 4.78 is -0.0185. The van der Waals surface area contributed by atoms with Crippen LogP contribution in [0.15, 0.2) is 6.33 Å². The maximum atomic E-state index is 12.0. The molecule has 0 aliphatic carbocycles. The number of H-pyrrole nitrogens is 1. The Morgan fingerprint density at radius 1 is 1.47 bits per heavy atom. The highest BCUT2D eigenvalue weighted by atomic mass is 32.2. The Balaban J connectivity index is 2.75. The molecule has 0 fully saturated rings. The summed E-state index contributed by atoms with van der Waals surface area (Å²) in [6.45, 7) is 4.64. The van der Waals surface area contributed by atoms with Gasteiger partial charge >= 0.3 is 5.97 Å². The molecule has 1 aromatic rings. The van der Waals surface area contributed by atoms with Crippen LogP contribution in [-0.4, -0.2) is 44.5 Å². The number of hydrogen-bond acceptors (Lipinski definition) is 4. The molecule has 1 rings (SSSR count). The fourth-order valence-electron chi connectivity index (χ4n) is 1.82. The zero-order chi connectivity index (χ0) is 14.5. The van der Waals surface area contributed by atoms with E-state index in [0.29, 0.717) is 6.54 Å². The number of hydrogen-bond donors (Lipinski definition) is 3. The Bertz CT molecular complexity index is 447. The maximum Gasteiger partial charge on any atom is 0.354 e. The van der Waals surface area contributed by atoms with Crippen LogP contribution in [0.25, 0.3) is 0 Å². The molecule has 0 aliphatic heterocycles. The number of aromatic nitrogens is 2. The van der Waals surface area contributed by atoms with Crippen LogP contribution in [0.5, 0.6) is 0 Å². The zero-order valence-corrected chi connectivity index (χ0v) is 12.1. The van der Waals surface area contributed by atoms with Gasteiger partial charge in [-0.15, -0.1) is 0 Å². The largest absolute Gasteiger partial charge is 0.477 e. The van der Waals surface area contributed by atoms with Gasteiger partial charge in [0.25, 0.3) is 5.91 Å². The molecule has 0 aromatic carbocycles. The van der Waals surface area contributed by atoms with Crippen molar-refractivity contribution in [3.63, 3.8) is 0 Å². The molecule has 6 nitrogen and oxygen atoms in total. The molecular weight excluding hydrogens is 266 g/mol. The number of nitrogens with one attached hydrogen (secondary N) is 2. The minimum atomic E-state index is -1.19. The van der Waals surface area contributed by atoms with Gasteiger partial charge in [0.15, 0.2) is 11.4 Å². The van der Waals surface area contributed by atoms with E-state index in [1.54, 1.807) is 11.8 Å². The molecule has 0 aliphatic rings. The van der Waals surface area contributed by atoms with Gasteiger partial charge in [-0.2, -0.15) is 11.8 Å². The van der Waals surface area contributed by atoms with Gasteiger partial charge in [-0.05, 0) is 19.1 Å². The highest BCUT2D eigenvalue weighted by molar-refractivity contribution is 8.00. The minimum Gasteiger partial charge on any atom is -0.477 e. The predicted octanol–water partition coefficient (Wildman–Crippen LogP) is 1.76. The van der Waals surface area contributed by atoms with Crippen molar-refractivity contribution in [1.29, 1.82) is 0 Å². The first-order chi connectivity index (χ1) is 8.99. The number of rotatable bonds is 7. The SMILES string of the molecule is CCC(CC)(CNC(=O)c1nc[nH]c1C(=O)O)SC. The number of carbonyl (C=O) groups is 2. The zero-order valence-electron chi connectivity index (χ0n) is 11.3. The third-order valence-electron chi connectivity index (χ3n) is 3.36. The van der Waals surface area contributed by atoms with Crippen molar-refractivity contribution < 1.29 is 14.7 Å². The number of nitrogens with zero attached hydrogens (tertiary/aromatic N) is 1. The van der Waals surface area contributed by atoms with Crippen LogP contribution in [0.4, 0.5) is 0 Å². The highest BCUT2D eigenvalue weighted by Crippen LogP contribution is 2.29. The van der Waals surface area contributed by atoms with Crippen LogP contribution >= 0.6 is 11.8 Å². The van der Waals surface area contributed by atoms with E-state index in [-0.39, 0.29) is 16.1 Å². The molecule has 0 bridgehead atoms. The molecule has 0 unspecified atom stereocenters. The van der Waals surface area contributed by atoms with Gasteiger partial charge in [0, 0.05) is 11.3 Å². The summed E-state index contributed by atoms with van der Waals surface area (Å²) in [5, 5.41) is 11.7.